The van der Waals surface area contributed by atoms with Crippen LogP contribution in [-0.4, -0.2) is 6.10 Å². The van der Waals surface area contributed by atoms with Crippen LogP contribution in [0.3, 0.4) is 0 Å². The second-order valence-corrected chi connectivity index (χ2v) is 6.40. The van der Waals surface area contributed by atoms with Crippen LogP contribution in [0.25, 0.3) is 0 Å². The molecule has 1 unspecified atom stereocenters. The summed E-state index contributed by atoms with van der Waals surface area (Å²) < 4.78 is 6.72. The Balaban J connectivity index is 2.20. The topological polar surface area (TPSA) is 9.23 Å². The predicted molar refractivity (Wildman–Crippen MR) is 88.8 cm³/mol. The van der Waals surface area contributed by atoms with E-state index in [1.165, 1.54) is 5.56 Å². The van der Waals surface area contributed by atoms with E-state index < -0.39 is 0 Å². The molecule has 1 nitrogen and oxygen atoms in total. The highest BCUT2D eigenvalue weighted by Gasteiger charge is 2.12. The summed E-state index contributed by atoms with van der Waals surface area (Å²) >= 11 is 10.1. The molecule has 0 amide bonds. The van der Waals surface area contributed by atoms with Crippen LogP contribution in [-0.2, 0) is 0 Å². The lowest BCUT2D eigenvalue weighted by molar-refractivity contribution is 0.242. The van der Waals surface area contributed by atoms with E-state index in [4.69, 9.17) is 16.3 Å². The second-order valence-electron chi connectivity index (χ2n) is 5.11. The number of hydrogen-bond acceptors (Lipinski definition) is 1. The molecule has 0 aliphatic rings. The third-order valence-corrected chi connectivity index (χ3v) is 4.39. The zero-order valence-corrected chi connectivity index (χ0v) is 14.2. The van der Waals surface area contributed by atoms with Gasteiger partial charge in [0.15, 0.2) is 0 Å². The zero-order chi connectivity index (χ0) is 14.7. The van der Waals surface area contributed by atoms with Crippen LogP contribution in [0, 0.1) is 6.92 Å². The maximum Gasteiger partial charge on any atom is 0.119 e. The molecule has 0 fully saturated rings. The van der Waals surface area contributed by atoms with Crippen LogP contribution < -0.4 is 4.74 Å². The minimum atomic E-state index is -0.153. The molecule has 1 atom stereocenters. The van der Waals surface area contributed by atoms with Gasteiger partial charge in [-0.15, -0.1) is 11.6 Å². The van der Waals surface area contributed by atoms with Crippen molar-refractivity contribution in [3.8, 4) is 5.75 Å². The van der Waals surface area contributed by atoms with Gasteiger partial charge in [-0.25, -0.2) is 0 Å². The minimum absolute atomic E-state index is 0.153. The molecule has 0 bridgehead atoms. The van der Waals surface area contributed by atoms with Crippen LogP contribution in [0.15, 0.2) is 46.9 Å². The monoisotopic (exact) mass is 352 g/mol. The summed E-state index contributed by atoms with van der Waals surface area (Å²) in [4.78, 5) is 0. The highest BCUT2D eigenvalue weighted by Crippen LogP contribution is 2.32. The molecule has 0 N–H and O–H groups in total. The molecule has 0 saturated heterocycles. The van der Waals surface area contributed by atoms with E-state index in [1.807, 2.05) is 38.1 Å². The highest BCUT2D eigenvalue weighted by molar-refractivity contribution is 9.10. The van der Waals surface area contributed by atoms with Gasteiger partial charge in [0.25, 0.3) is 0 Å². The van der Waals surface area contributed by atoms with Crippen molar-refractivity contribution >= 4 is 27.5 Å². The van der Waals surface area contributed by atoms with Crippen LogP contribution in [0.1, 0.15) is 35.9 Å². The Morgan fingerprint density at radius 2 is 1.60 bits per heavy atom. The summed E-state index contributed by atoms with van der Waals surface area (Å²) in [5.41, 5.74) is 3.36. The van der Waals surface area contributed by atoms with Crippen molar-refractivity contribution in [3.05, 3.63) is 63.6 Å². The lowest BCUT2D eigenvalue weighted by Gasteiger charge is -2.14. The maximum atomic E-state index is 6.55. The van der Waals surface area contributed by atoms with E-state index in [-0.39, 0.29) is 11.5 Å². The number of ether oxygens (including phenoxy) is 1. The molecule has 0 aliphatic carbocycles. The van der Waals surface area contributed by atoms with E-state index in [9.17, 15) is 0 Å². The summed E-state index contributed by atoms with van der Waals surface area (Å²) in [6.07, 6.45) is 0.181. The third-order valence-electron chi connectivity index (χ3n) is 3.03. The van der Waals surface area contributed by atoms with Gasteiger partial charge in [0.2, 0.25) is 0 Å². The van der Waals surface area contributed by atoms with Crippen LogP contribution in [0.4, 0.5) is 0 Å². The Hall–Kier alpha value is -0.990. The largest absolute Gasteiger partial charge is 0.491 e. The number of hydrogen-bond donors (Lipinski definition) is 0. The van der Waals surface area contributed by atoms with Gasteiger partial charge in [-0.05, 0) is 55.7 Å². The number of aryl methyl sites for hydroxylation is 1. The second kappa shape index (κ2) is 6.64. The molecule has 0 radical (unpaired) electrons. The van der Waals surface area contributed by atoms with E-state index >= 15 is 0 Å². The first kappa shape index (κ1) is 15.4. The van der Waals surface area contributed by atoms with Crippen LogP contribution in [0.5, 0.6) is 5.75 Å². The molecule has 106 valence electrons. The average Bonchev–Trinajstić information content (AvgIpc) is 2.41. The lowest BCUT2D eigenvalue weighted by atomic mass is 10.0. The molecular formula is C17H18BrClO. The quantitative estimate of drug-likeness (QED) is 0.624. The molecule has 20 heavy (non-hydrogen) atoms. The summed E-state index contributed by atoms with van der Waals surface area (Å²) in [7, 11) is 0. The third kappa shape index (κ3) is 3.77. The number of rotatable bonds is 4. The lowest BCUT2D eigenvalue weighted by Crippen LogP contribution is -2.05. The molecule has 3 heteroatoms. The summed E-state index contributed by atoms with van der Waals surface area (Å²) in [6, 6.07) is 14.2. The van der Waals surface area contributed by atoms with Crippen molar-refractivity contribution in [2.75, 3.05) is 0 Å². The molecule has 0 aliphatic heterocycles. The Morgan fingerprint density at radius 3 is 2.15 bits per heavy atom. The van der Waals surface area contributed by atoms with Crippen molar-refractivity contribution < 1.29 is 4.74 Å². The van der Waals surface area contributed by atoms with Crippen molar-refractivity contribution in [2.45, 2.75) is 32.3 Å². The van der Waals surface area contributed by atoms with Crippen LogP contribution >= 0.6 is 27.5 Å². The Bertz CT molecular complexity index is 578. The molecule has 2 aromatic carbocycles. The first-order chi connectivity index (χ1) is 9.47. The summed E-state index contributed by atoms with van der Waals surface area (Å²) in [5, 5.41) is -0.153. The van der Waals surface area contributed by atoms with Gasteiger partial charge in [0.05, 0.1) is 11.5 Å². The SMILES string of the molecule is Cc1ccc(C(Cl)c2ccc(OC(C)C)cc2)cc1Br. The molecular weight excluding hydrogens is 336 g/mol. The van der Waals surface area contributed by atoms with Gasteiger partial charge >= 0.3 is 0 Å². The fourth-order valence-electron chi connectivity index (χ4n) is 1.95. The summed E-state index contributed by atoms with van der Waals surface area (Å²) in [5.74, 6) is 0.873. The van der Waals surface area contributed by atoms with Gasteiger partial charge in [-0.2, -0.15) is 0 Å². The zero-order valence-electron chi connectivity index (χ0n) is 11.9. The van der Waals surface area contributed by atoms with Gasteiger partial charge in [0, 0.05) is 4.47 Å². The fourth-order valence-corrected chi connectivity index (χ4v) is 2.62. The minimum Gasteiger partial charge on any atom is -0.491 e. The molecule has 0 heterocycles. The van der Waals surface area contributed by atoms with E-state index in [0.717, 1.165) is 21.3 Å². The number of alkyl halides is 1. The first-order valence-electron chi connectivity index (χ1n) is 6.64. The van der Waals surface area contributed by atoms with E-state index in [0.29, 0.717) is 0 Å². The van der Waals surface area contributed by atoms with Crippen molar-refractivity contribution in [2.24, 2.45) is 0 Å². The molecule has 0 aromatic heterocycles. The first-order valence-corrected chi connectivity index (χ1v) is 7.87. The van der Waals surface area contributed by atoms with Gasteiger partial charge < -0.3 is 4.74 Å². The Labute approximate surface area is 134 Å². The Morgan fingerprint density at radius 1 is 1.00 bits per heavy atom. The van der Waals surface area contributed by atoms with E-state index in [2.05, 4.69) is 41.1 Å². The molecule has 0 spiro atoms. The maximum absolute atomic E-state index is 6.55. The number of halogens is 2. The number of benzene rings is 2. The molecule has 2 aromatic rings. The molecule has 2 rings (SSSR count). The normalized spacial score (nSPS) is 12.5. The van der Waals surface area contributed by atoms with Crippen molar-refractivity contribution in [3.63, 3.8) is 0 Å². The fraction of sp³-hybridized carbons (Fsp3) is 0.294. The van der Waals surface area contributed by atoms with Gasteiger partial charge in [-0.1, -0.05) is 40.2 Å². The van der Waals surface area contributed by atoms with Gasteiger partial charge in [0.1, 0.15) is 5.75 Å². The smallest absolute Gasteiger partial charge is 0.119 e. The average molecular weight is 354 g/mol. The Kier molecular flexibility index (Phi) is 5.11. The predicted octanol–water partition coefficient (Wildman–Crippen LogP) is 5.87. The van der Waals surface area contributed by atoms with Crippen molar-refractivity contribution in [1.82, 2.24) is 0 Å². The van der Waals surface area contributed by atoms with Crippen molar-refractivity contribution in [1.29, 1.82) is 0 Å². The standard InChI is InChI=1S/C17H18BrClO/c1-11(2)20-15-8-6-13(7-9-15)17(19)14-5-4-12(3)16(18)10-14/h4-11,17H,1-3H3. The van der Waals surface area contributed by atoms with E-state index in [1.54, 1.807) is 0 Å². The van der Waals surface area contributed by atoms with Crippen LogP contribution in [0.2, 0.25) is 0 Å². The highest BCUT2D eigenvalue weighted by atomic mass is 79.9. The van der Waals surface area contributed by atoms with Gasteiger partial charge in [-0.3, -0.25) is 0 Å². The molecule has 0 saturated carbocycles. The summed E-state index contributed by atoms with van der Waals surface area (Å²) in [6.45, 7) is 6.10.